The van der Waals surface area contributed by atoms with Gasteiger partial charge in [0.1, 0.15) is 18.5 Å². The van der Waals surface area contributed by atoms with Crippen LogP contribution in [0.2, 0.25) is 0 Å². The highest BCUT2D eigenvalue weighted by Crippen LogP contribution is 2.20. The predicted octanol–water partition coefficient (Wildman–Crippen LogP) is 2.91. The van der Waals surface area contributed by atoms with Crippen molar-refractivity contribution >= 4 is 33.0 Å². The van der Waals surface area contributed by atoms with Crippen molar-refractivity contribution in [3.05, 3.63) is 85.5 Å². The van der Waals surface area contributed by atoms with Crippen molar-refractivity contribution in [1.82, 2.24) is 19.1 Å². The van der Waals surface area contributed by atoms with Crippen LogP contribution < -0.4 is 16.0 Å². The van der Waals surface area contributed by atoms with E-state index in [2.05, 4.69) is 36.1 Å². The van der Waals surface area contributed by atoms with E-state index < -0.39 is 17.4 Å². The third kappa shape index (κ3) is 5.26. The average molecular weight is 513 g/mol. The van der Waals surface area contributed by atoms with E-state index in [0.717, 1.165) is 10.0 Å². The van der Waals surface area contributed by atoms with Gasteiger partial charge in [0.25, 0.3) is 11.5 Å². The minimum atomic E-state index is -0.981. The first-order valence-corrected chi connectivity index (χ1v) is 10.9. The lowest BCUT2D eigenvalue weighted by Crippen LogP contribution is -2.30. The first-order valence-electron chi connectivity index (χ1n) is 10.1. The summed E-state index contributed by atoms with van der Waals surface area (Å²) in [4.78, 5) is 31.2. The molecule has 2 N–H and O–H groups in total. The number of azo groups is 1. The molecule has 11 heteroatoms. The summed E-state index contributed by atoms with van der Waals surface area (Å²) in [7, 11) is 1.50. The van der Waals surface area contributed by atoms with Crippen LogP contribution in [0.4, 0.5) is 5.95 Å². The zero-order valence-corrected chi connectivity index (χ0v) is 19.3. The highest BCUT2D eigenvalue weighted by atomic mass is 79.9. The van der Waals surface area contributed by atoms with Gasteiger partial charge < -0.3 is 9.84 Å². The van der Waals surface area contributed by atoms with Gasteiger partial charge >= 0.3 is 5.69 Å². The fourth-order valence-electron chi connectivity index (χ4n) is 3.22. The van der Waals surface area contributed by atoms with Gasteiger partial charge in [-0.3, -0.25) is 18.9 Å². The smallest absolute Gasteiger partial charge is 0.329 e. The van der Waals surface area contributed by atoms with E-state index in [1.165, 1.54) is 16.2 Å². The number of aromatic amines is 1. The summed E-state index contributed by atoms with van der Waals surface area (Å²) in [6.07, 6.45) is -0.981. The molecule has 2 aromatic heterocycles. The Bertz CT molecular complexity index is 1390. The quantitative estimate of drug-likeness (QED) is 0.351. The molecule has 33 heavy (non-hydrogen) atoms. The van der Waals surface area contributed by atoms with Crippen molar-refractivity contribution < 1.29 is 9.84 Å². The number of aromatic nitrogens is 4. The summed E-state index contributed by atoms with van der Waals surface area (Å²) in [5.41, 5.74) is 0.0131. The van der Waals surface area contributed by atoms with Gasteiger partial charge in [0.2, 0.25) is 0 Å². The lowest BCUT2D eigenvalue weighted by atomic mass is 10.2. The maximum Gasteiger partial charge on any atom is 0.329 e. The van der Waals surface area contributed by atoms with Gasteiger partial charge in [0.05, 0.1) is 13.1 Å². The Morgan fingerprint density at radius 3 is 2.61 bits per heavy atom. The normalized spacial score (nSPS) is 12.5. The number of hydrogen-bond acceptors (Lipinski definition) is 7. The maximum absolute atomic E-state index is 12.6. The van der Waals surface area contributed by atoms with Crippen LogP contribution in [0.1, 0.15) is 5.56 Å². The number of nitrogens with one attached hydrogen (secondary N) is 1. The molecule has 1 unspecified atom stereocenters. The van der Waals surface area contributed by atoms with Gasteiger partial charge in [-0.15, -0.1) is 5.11 Å². The standard InChI is InChI=1S/C22H21BrN6O4/c1-28-19-18(20(31)26-22(28)32)29(12-16(30)13-33-17-9-7-15(23)8-10-17)21(25-19)27-24-11-14-5-3-2-4-6-14/h2-10,16,30H,11-13H2,1H3,(H,26,31,32). The number of aryl methyl sites for hydroxylation is 1. The first-order chi connectivity index (χ1) is 15.9. The van der Waals surface area contributed by atoms with Gasteiger partial charge in [-0.1, -0.05) is 46.3 Å². The second-order valence-electron chi connectivity index (χ2n) is 7.32. The third-order valence-electron chi connectivity index (χ3n) is 4.89. The van der Waals surface area contributed by atoms with Crippen LogP contribution in [0, 0.1) is 0 Å². The third-order valence-corrected chi connectivity index (χ3v) is 5.42. The number of hydrogen-bond donors (Lipinski definition) is 2. The molecule has 0 radical (unpaired) electrons. The molecule has 10 nitrogen and oxygen atoms in total. The second-order valence-corrected chi connectivity index (χ2v) is 8.23. The van der Waals surface area contributed by atoms with Gasteiger partial charge in [0.15, 0.2) is 11.2 Å². The highest BCUT2D eigenvalue weighted by molar-refractivity contribution is 9.10. The number of imidazole rings is 1. The maximum atomic E-state index is 12.6. The summed E-state index contributed by atoms with van der Waals surface area (Å²) < 4.78 is 9.21. The summed E-state index contributed by atoms with van der Waals surface area (Å²) in [6.45, 7) is 0.258. The van der Waals surface area contributed by atoms with E-state index in [-0.39, 0.29) is 30.3 Å². The van der Waals surface area contributed by atoms with E-state index in [4.69, 9.17) is 4.74 Å². The van der Waals surface area contributed by atoms with Crippen LogP contribution in [-0.2, 0) is 20.1 Å². The topological polar surface area (TPSA) is 127 Å². The molecule has 1 atom stereocenters. The summed E-state index contributed by atoms with van der Waals surface area (Å²) in [6, 6.07) is 16.7. The van der Waals surface area contributed by atoms with E-state index >= 15 is 0 Å². The molecule has 0 aliphatic heterocycles. The molecule has 2 aromatic carbocycles. The van der Waals surface area contributed by atoms with Crippen LogP contribution in [0.15, 0.2) is 78.9 Å². The number of fused-ring (bicyclic) bond motifs is 1. The van der Waals surface area contributed by atoms with Gasteiger partial charge in [0, 0.05) is 11.5 Å². The molecule has 4 aromatic rings. The second kappa shape index (κ2) is 9.92. The Balaban J connectivity index is 1.62. The SMILES string of the molecule is Cn1c(=O)[nH]c(=O)c2c1nc(N=NCc1ccccc1)n2CC(O)COc1ccc(Br)cc1. The van der Waals surface area contributed by atoms with Gasteiger partial charge in [-0.2, -0.15) is 10.1 Å². The number of aliphatic hydroxyl groups is 1. The van der Waals surface area contributed by atoms with Crippen molar-refractivity contribution in [1.29, 1.82) is 0 Å². The molecular weight excluding hydrogens is 492 g/mol. The lowest BCUT2D eigenvalue weighted by Gasteiger charge is -2.14. The molecule has 0 amide bonds. The Morgan fingerprint density at radius 2 is 1.88 bits per heavy atom. The number of ether oxygens (including phenoxy) is 1. The van der Waals surface area contributed by atoms with Crippen LogP contribution in [0.25, 0.3) is 11.2 Å². The van der Waals surface area contributed by atoms with Crippen molar-refractivity contribution in [2.45, 2.75) is 19.2 Å². The van der Waals surface area contributed by atoms with E-state index in [0.29, 0.717) is 12.3 Å². The lowest BCUT2D eigenvalue weighted by molar-refractivity contribution is 0.0937. The fourth-order valence-corrected chi connectivity index (χ4v) is 3.49. The Kier molecular flexibility index (Phi) is 6.80. The molecule has 0 saturated carbocycles. The number of aliphatic hydroxyl groups excluding tert-OH is 1. The van der Waals surface area contributed by atoms with Crippen LogP contribution >= 0.6 is 15.9 Å². The van der Waals surface area contributed by atoms with Crippen LogP contribution in [-0.4, -0.2) is 36.9 Å². The summed E-state index contributed by atoms with van der Waals surface area (Å²) in [5.74, 6) is 0.700. The van der Waals surface area contributed by atoms with Crippen molar-refractivity contribution in [2.24, 2.45) is 17.3 Å². The molecular formula is C22H21BrN6O4. The number of nitrogens with zero attached hydrogens (tertiary/aromatic N) is 5. The van der Waals surface area contributed by atoms with Crippen molar-refractivity contribution in [3.63, 3.8) is 0 Å². The van der Waals surface area contributed by atoms with Crippen molar-refractivity contribution in [2.75, 3.05) is 6.61 Å². The number of halogens is 1. The molecule has 0 aliphatic rings. The van der Waals surface area contributed by atoms with E-state index in [9.17, 15) is 14.7 Å². The molecule has 0 saturated heterocycles. The molecule has 0 spiro atoms. The van der Waals surface area contributed by atoms with Gasteiger partial charge in [-0.05, 0) is 29.8 Å². The highest BCUT2D eigenvalue weighted by Gasteiger charge is 2.20. The Hall–Kier alpha value is -3.57. The first kappa shape index (κ1) is 22.6. The molecule has 0 bridgehead atoms. The Morgan fingerprint density at radius 1 is 1.15 bits per heavy atom. The van der Waals surface area contributed by atoms with E-state index in [1.807, 2.05) is 42.5 Å². The number of H-pyrrole nitrogens is 1. The zero-order chi connectivity index (χ0) is 23.4. The van der Waals surface area contributed by atoms with Gasteiger partial charge in [-0.25, -0.2) is 4.79 Å². The van der Waals surface area contributed by atoms with E-state index in [1.54, 1.807) is 12.1 Å². The fraction of sp³-hybridized carbons (Fsp3) is 0.227. The predicted molar refractivity (Wildman–Crippen MR) is 126 cm³/mol. The largest absolute Gasteiger partial charge is 0.491 e. The zero-order valence-electron chi connectivity index (χ0n) is 17.7. The Labute approximate surface area is 196 Å². The molecule has 0 fully saturated rings. The number of benzene rings is 2. The summed E-state index contributed by atoms with van der Waals surface area (Å²) >= 11 is 3.36. The molecule has 0 aliphatic carbocycles. The minimum Gasteiger partial charge on any atom is -0.491 e. The monoisotopic (exact) mass is 512 g/mol. The minimum absolute atomic E-state index is 0.0222. The van der Waals surface area contributed by atoms with Crippen LogP contribution in [0.5, 0.6) is 5.75 Å². The molecule has 2 heterocycles. The van der Waals surface area contributed by atoms with Crippen LogP contribution in [0.3, 0.4) is 0 Å². The van der Waals surface area contributed by atoms with Crippen molar-refractivity contribution in [3.8, 4) is 5.75 Å². The molecule has 4 rings (SSSR count). The number of rotatable bonds is 8. The molecule has 170 valence electrons. The average Bonchev–Trinajstić information content (AvgIpc) is 3.16. The summed E-state index contributed by atoms with van der Waals surface area (Å²) in [5, 5.41) is 19.0.